The van der Waals surface area contributed by atoms with E-state index in [0.29, 0.717) is 25.9 Å². The van der Waals surface area contributed by atoms with Crippen LogP contribution in [-0.4, -0.2) is 47.5 Å². The number of hydrogen-bond donors (Lipinski definition) is 3. The van der Waals surface area contributed by atoms with E-state index in [0.717, 1.165) is 13.0 Å². The summed E-state index contributed by atoms with van der Waals surface area (Å²) in [5.41, 5.74) is 4.13. The third-order valence-corrected chi connectivity index (χ3v) is 3.70. The molecular weight excluding hydrogens is 250 g/mol. The Labute approximate surface area is 112 Å². The molecule has 0 aromatic heterocycles. The third-order valence-electron chi connectivity index (χ3n) is 3.70. The smallest absolute Gasteiger partial charge is 0.318 e. The average Bonchev–Trinajstić information content (AvgIpc) is 2.35. The van der Waals surface area contributed by atoms with Gasteiger partial charge in [0.25, 0.3) is 0 Å². The number of likely N-dealkylation sites (tertiary alicyclic amines) is 1. The summed E-state index contributed by atoms with van der Waals surface area (Å²) in [6, 6.07) is -0.864. The van der Waals surface area contributed by atoms with E-state index in [4.69, 9.17) is 5.73 Å². The van der Waals surface area contributed by atoms with Crippen molar-refractivity contribution in [3.63, 3.8) is 0 Å². The number of nitrogens with one attached hydrogen (secondary N) is 1. The second-order valence-electron chi connectivity index (χ2n) is 4.98. The minimum Gasteiger partial charge on any atom is -0.481 e. The van der Waals surface area contributed by atoms with Crippen molar-refractivity contribution in [2.75, 3.05) is 19.6 Å². The summed E-state index contributed by atoms with van der Waals surface area (Å²) in [4.78, 5) is 35.1. The zero-order valence-corrected chi connectivity index (χ0v) is 11.1. The van der Waals surface area contributed by atoms with E-state index >= 15 is 0 Å². The van der Waals surface area contributed by atoms with Crippen LogP contribution < -0.4 is 11.1 Å². The van der Waals surface area contributed by atoms with Gasteiger partial charge in [0.1, 0.15) is 0 Å². The van der Waals surface area contributed by atoms with Crippen LogP contribution in [0.25, 0.3) is 0 Å². The Morgan fingerprint density at radius 1 is 1.42 bits per heavy atom. The second-order valence-corrected chi connectivity index (χ2v) is 4.98. The van der Waals surface area contributed by atoms with Crippen LogP contribution in [0.1, 0.15) is 32.6 Å². The largest absolute Gasteiger partial charge is 0.481 e. The molecule has 0 radical (unpaired) electrons. The lowest BCUT2D eigenvalue weighted by molar-refractivity contribution is -0.152. The van der Waals surface area contributed by atoms with Crippen molar-refractivity contribution < 1.29 is 19.5 Å². The number of urea groups is 1. The normalized spacial score (nSPS) is 23.8. The van der Waals surface area contributed by atoms with Crippen LogP contribution in [0, 0.1) is 5.41 Å². The summed E-state index contributed by atoms with van der Waals surface area (Å²) in [7, 11) is 0. The van der Waals surface area contributed by atoms with E-state index in [1.165, 1.54) is 0 Å². The highest BCUT2D eigenvalue weighted by Crippen LogP contribution is 2.33. The number of amides is 3. The molecule has 1 saturated heterocycles. The van der Waals surface area contributed by atoms with Crippen LogP contribution in [-0.2, 0) is 9.59 Å². The molecule has 0 aromatic carbocycles. The van der Waals surface area contributed by atoms with Gasteiger partial charge < -0.3 is 15.7 Å². The van der Waals surface area contributed by atoms with Crippen molar-refractivity contribution in [2.24, 2.45) is 11.1 Å². The lowest BCUT2D eigenvalue weighted by Crippen LogP contribution is -2.48. The molecule has 0 bridgehead atoms. The zero-order valence-electron chi connectivity index (χ0n) is 11.1. The first-order chi connectivity index (χ1) is 8.89. The quantitative estimate of drug-likeness (QED) is 0.658. The Morgan fingerprint density at radius 2 is 2.11 bits per heavy atom. The van der Waals surface area contributed by atoms with Crippen molar-refractivity contribution >= 4 is 17.9 Å². The van der Waals surface area contributed by atoms with Gasteiger partial charge in [-0.2, -0.15) is 0 Å². The Kier molecular flexibility index (Phi) is 5.29. The highest BCUT2D eigenvalue weighted by atomic mass is 16.4. The average molecular weight is 271 g/mol. The molecule has 0 aliphatic carbocycles. The molecule has 7 heteroatoms. The number of nitrogens with two attached hydrogens (primary N) is 1. The number of piperidine rings is 1. The summed E-state index contributed by atoms with van der Waals surface area (Å²) in [5.74, 6) is -1.21. The summed E-state index contributed by atoms with van der Waals surface area (Å²) in [6.45, 7) is 3.53. The van der Waals surface area contributed by atoms with Gasteiger partial charge in [-0.15, -0.1) is 0 Å². The van der Waals surface area contributed by atoms with Gasteiger partial charge in [0.15, 0.2) is 0 Å². The Bertz CT molecular complexity index is 372. The lowest BCUT2D eigenvalue weighted by Gasteiger charge is -2.39. The van der Waals surface area contributed by atoms with E-state index in [2.05, 4.69) is 0 Å². The van der Waals surface area contributed by atoms with Gasteiger partial charge in [0.2, 0.25) is 5.91 Å². The van der Waals surface area contributed by atoms with Gasteiger partial charge in [-0.1, -0.05) is 6.92 Å². The molecule has 1 aliphatic heterocycles. The van der Waals surface area contributed by atoms with Crippen LogP contribution in [0.5, 0.6) is 0 Å². The molecule has 1 fully saturated rings. The predicted octanol–water partition coefficient (Wildman–Crippen LogP) is 0.148. The Balaban J connectivity index is 2.49. The molecule has 1 atom stereocenters. The van der Waals surface area contributed by atoms with Crippen LogP contribution in [0.2, 0.25) is 0 Å². The van der Waals surface area contributed by atoms with Gasteiger partial charge in [-0.3, -0.25) is 14.9 Å². The van der Waals surface area contributed by atoms with Gasteiger partial charge in [0, 0.05) is 19.5 Å². The first kappa shape index (κ1) is 15.4. The molecule has 0 aromatic rings. The van der Waals surface area contributed by atoms with Crippen molar-refractivity contribution in [1.29, 1.82) is 0 Å². The van der Waals surface area contributed by atoms with E-state index < -0.39 is 23.3 Å². The maximum atomic E-state index is 11.4. The molecular formula is C12H21N3O4. The molecule has 3 amide bonds. The Hall–Kier alpha value is -1.63. The second kappa shape index (κ2) is 6.51. The minimum absolute atomic E-state index is 0.141. The first-order valence-electron chi connectivity index (χ1n) is 6.44. The summed E-state index contributed by atoms with van der Waals surface area (Å²) in [6.07, 6.45) is 2.19. The number of nitrogens with zero attached hydrogens (tertiary/aromatic N) is 1. The topological polar surface area (TPSA) is 113 Å². The third kappa shape index (κ3) is 4.20. The van der Waals surface area contributed by atoms with Crippen molar-refractivity contribution in [3.8, 4) is 0 Å². The number of rotatable bonds is 5. The van der Waals surface area contributed by atoms with Crippen LogP contribution in [0.3, 0.4) is 0 Å². The zero-order chi connectivity index (χ0) is 14.5. The molecule has 7 nitrogen and oxygen atoms in total. The van der Waals surface area contributed by atoms with E-state index in [1.807, 2.05) is 17.1 Å². The molecule has 1 unspecified atom stereocenters. The number of hydrogen-bond acceptors (Lipinski definition) is 4. The van der Waals surface area contributed by atoms with Crippen molar-refractivity contribution in [3.05, 3.63) is 0 Å². The highest BCUT2D eigenvalue weighted by molar-refractivity contribution is 5.93. The van der Waals surface area contributed by atoms with Crippen LogP contribution in [0.4, 0.5) is 4.79 Å². The number of imide groups is 1. The maximum Gasteiger partial charge on any atom is 0.318 e. The van der Waals surface area contributed by atoms with Gasteiger partial charge in [0.05, 0.1) is 5.41 Å². The summed E-state index contributed by atoms with van der Waals surface area (Å²) >= 11 is 0. The molecule has 1 heterocycles. The molecule has 0 saturated carbocycles. The predicted molar refractivity (Wildman–Crippen MR) is 68.4 cm³/mol. The molecule has 108 valence electrons. The number of aliphatic carboxylic acids is 1. The Morgan fingerprint density at radius 3 is 2.63 bits per heavy atom. The number of carbonyl (C=O) groups excluding carboxylic acids is 2. The number of carboxylic acid groups (broad SMARTS) is 1. The van der Waals surface area contributed by atoms with Gasteiger partial charge >= 0.3 is 12.0 Å². The van der Waals surface area contributed by atoms with E-state index in [1.54, 1.807) is 0 Å². The van der Waals surface area contributed by atoms with Crippen molar-refractivity contribution in [2.45, 2.75) is 32.6 Å². The highest BCUT2D eigenvalue weighted by Gasteiger charge is 2.40. The molecule has 1 aliphatic rings. The van der Waals surface area contributed by atoms with Crippen molar-refractivity contribution in [1.82, 2.24) is 10.2 Å². The van der Waals surface area contributed by atoms with Gasteiger partial charge in [-0.25, -0.2) is 4.79 Å². The SMILES string of the molecule is CCC1(C(=O)O)CCCN(CCC(=O)NC(N)=O)C1. The number of primary amides is 1. The molecule has 1 rings (SSSR count). The van der Waals surface area contributed by atoms with E-state index in [9.17, 15) is 19.5 Å². The monoisotopic (exact) mass is 271 g/mol. The fraction of sp³-hybridized carbons (Fsp3) is 0.750. The molecule has 4 N–H and O–H groups in total. The minimum atomic E-state index is -0.864. The lowest BCUT2D eigenvalue weighted by atomic mass is 9.77. The van der Waals surface area contributed by atoms with Gasteiger partial charge in [-0.05, 0) is 25.8 Å². The molecule has 0 spiro atoms. The van der Waals surface area contributed by atoms with Crippen LogP contribution >= 0.6 is 0 Å². The first-order valence-corrected chi connectivity index (χ1v) is 6.44. The van der Waals surface area contributed by atoms with Crippen LogP contribution in [0.15, 0.2) is 0 Å². The molecule has 19 heavy (non-hydrogen) atoms. The maximum absolute atomic E-state index is 11.4. The number of carbonyl (C=O) groups is 3. The number of carboxylic acids is 1. The summed E-state index contributed by atoms with van der Waals surface area (Å²) in [5, 5.41) is 11.3. The standard InChI is InChI=1S/C12H21N3O4/c1-2-12(10(17)18)5-3-6-15(8-12)7-4-9(16)14-11(13)19/h2-8H2,1H3,(H,17,18)(H3,13,14,16,19). The van der Waals surface area contributed by atoms with E-state index in [-0.39, 0.29) is 6.42 Å². The fourth-order valence-electron chi connectivity index (χ4n) is 2.49. The fourth-order valence-corrected chi connectivity index (χ4v) is 2.49. The summed E-state index contributed by atoms with van der Waals surface area (Å²) < 4.78 is 0.